The molecule has 29 heavy (non-hydrogen) atoms. The Morgan fingerprint density at radius 1 is 1.03 bits per heavy atom. The fraction of sp³-hybridized carbons (Fsp3) is 0.273. The molecule has 1 aliphatic rings. The molecule has 1 aliphatic heterocycles. The van der Waals surface area contributed by atoms with Crippen LogP contribution < -0.4 is 4.90 Å². The van der Waals surface area contributed by atoms with Crippen molar-refractivity contribution in [3.8, 4) is 5.75 Å². The molecule has 1 aromatic heterocycles. The highest BCUT2D eigenvalue weighted by atomic mass is 16.5. The van der Waals surface area contributed by atoms with Gasteiger partial charge in [0.05, 0.1) is 12.7 Å². The first-order chi connectivity index (χ1) is 14.1. The van der Waals surface area contributed by atoms with Crippen LogP contribution in [0.3, 0.4) is 0 Å². The predicted octanol–water partition coefficient (Wildman–Crippen LogP) is 2.57. The minimum atomic E-state index is -0.489. The summed E-state index contributed by atoms with van der Waals surface area (Å²) in [5.74, 6) is -0.580. The topological polar surface area (TPSA) is 83.2 Å². The number of fused-ring (bicyclic) bond motifs is 1. The highest BCUT2D eigenvalue weighted by Crippen LogP contribution is 2.25. The van der Waals surface area contributed by atoms with Crippen LogP contribution in [0.15, 0.2) is 59.2 Å². The van der Waals surface area contributed by atoms with Gasteiger partial charge in [-0.2, -0.15) is 0 Å². The van der Waals surface area contributed by atoms with Gasteiger partial charge in [0, 0.05) is 48.9 Å². The molecule has 150 valence electrons. The van der Waals surface area contributed by atoms with Crippen LogP contribution >= 0.6 is 0 Å². The van der Waals surface area contributed by atoms with E-state index in [0.717, 1.165) is 24.2 Å². The lowest BCUT2D eigenvalue weighted by molar-refractivity contribution is -0.151. The second-order valence-electron chi connectivity index (χ2n) is 6.98. The Balaban J connectivity index is 1.26. The summed E-state index contributed by atoms with van der Waals surface area (Å²) in [5, 5.41) is 10.2. The lowest BCUT2D eigenvalue weighted by Gasteiger charge is -2.36. The van der Waals surface area contributed by atoms with Gasteiger partial charge < -0.3 is 24.1 Å². The van der Waals surface area contributed by atoms with E-state index in [2.05, 4.69) is 17.0 Å². The van der Waals surface area contributed by atoms with Gasteiger partial charge in [0.25, 0.3) is 5.91 Å². The van der Waals surface area contributed by atoms with E-state index in [1.54, 1.807) is 11.0 Å². The standard InChI is InChI=1S/C22H22N2O5/c25-18-6-7-19-16(14-28-20(19)13-18)12-22(27)29-15-21(26)24-10-8-23(9-11-24)17-4-2-1-3-5-17/h1-7,13-14,25H,8-12,15H2. The predicted molar refractivity (Wildman–Crippen MR) is 108 cm³/mol. The number of amides is 1. The number of ether oxygens (including phenoxy) is 1. The Labute approximate surface area is 168 Å². The van der Waals surface area contributed by atoms with Crippen LogP contribution in [0.4, 0.5) is 5.69 Å². The first-order valence-electron chi connectivity index (χ1n) is 9.52. The number of furan rings is 1. The van der Waals surface area contributed by atoms with E-state index in [4.69, 9.17) is 9.15 Å². The molecule has 1 N–H and O–H groups in total. The first kappa shape index (κ1) is 18.9. The third-order valence-corrected chi connectivity index (χ3v) is 5.08. The van der Waals surface area contributed by atoms with Crippen LogP contribution in [0.1, 0.15) is 5.56 Å². The zero-order valence-electron chi connectivity index (χ0n) is 15.9. The molecule has 0 atom stereocenters. The Morgan fingerprint density at radius 3 is 2.55 bits per heavy atom. The molecule has 0 unspecified atom stereocenters. The fourth-order valence-corrected chi connectivity index (χ4v) is 3.50. The molecule has 0 spiro atoms. The number of piperazine rings is 1. The van der Waals surface area contributed by atoms with Gasteiger partial charge >= 0.3 is 5.97 Å². The van der Waals surface area contributed by atoms with Gasteiger partial charge in [0.15, 0.2) is 6.61 Å². The molecule has 0 bridgehead atoms. The van der Waals surface area contributed by atoms with Crippen molar-refractivity contribution in [3.63, 3.8) is 0 Å². The van der Waals surface area contributed by atoms with Crippen molar-refractivity contribution in [2.75, 3.05) is 37.7 Å². The lowest BCUT2D eigenvalue weighted by atomic mass is 10.1. The largest absolute Gasteiger partial charge is 0.508 e. The van der Waals surface area contributed by atoms with E-state index in [-0.39, 0.29) is 24.7 Å². The van der Waals surface area contributed by atoms with Crippen molar-refractivity contribution in [2.45, 2.75) is 6.42 Å². The lowest BCUT2D eigenvalue weighted by Crippen LogP contribution is -2.49. The molecule has 1 saturated heterocycles. The number of aromatic hydroxyl groups is 1. The minimum Gasteiger partial charge on any atom is -0.508 e. The van der Waals surface area contributed by atoms with Gasteiger partial charge in [-0.15, -0.1) is 0 Å². The quantitative estimate of drug-likeness (QED) is 0.670. The zero-order valence-corrected chi connectivity index (χ0v) is 15.9. The summed E-state index contributed by atoms with van der Waals surface area (Å²) in [6.45, 7) is 2.43. The van der Waals surface area contributed by atoms with Crippen LogP contribution in [0.5, 0.6) is 5.75 Å². The van der Waals surface area contributed by atoms with E-state index in [1.807, 2.05) is 18.2 Å². The van der Waals surface area contributed by atoms with E-state index in [1.165, 1.54) is 18.4 Å². The third-order valence-electron chi connectivity index (χ3n) is 5.08. The summed E-state index contributed by atoms with van der Waals surface area (Å²) in [6, 6.07) is 14.8. The monoisotopic (exact) mass is 394 g/mol. The van der Waals surface area contributed by atoms with Crippen LogP contribution in [-0.2, 0) is 20.7 Å². The van der Waals surface area contributed by atoms with Crippen molar-refractivity contribution >= 4 is 28.5 Å². The Bertz CT molecular complexity index is 1010. The molecule has 1 amide bonds. The maximum absolute atomic E-state index is 12.4. The normalized spacial score (nSPS) is 14.2. The maximum Gasteiger partial charge on any atom is 0.310 e. The zero-order chi connectivity index (χ0) is 20.2. The summed E-state index contributed by atoms with van der Waals surface area (Å²) in [5.41, 5.74) is 2.31. The van der Waals surface area contributed by atoms with E-state index >= 15 is 0 Å². The number of phenolic OH excluding ortho intramolecular Hbond substituents is 1. The summed E-state index contributed by atoms with van der Waals surface area (Å²) in [7, 11) is 0. The van der Waals surface area contributed by atoms with Crippen LogP contribution in [0.2, 0.25) is 0 Å². The Morgan fingerprint density at radius 2 is 1.79 bits per heavy atom. The number of esters is 1. The summed E-state index contributed by atoms with van der Waals surface area (Å²) >= 11 is 0. The summed E-state index contributed by atoms with van der Waals surface area (Å²) in [4.78, 5) is 28.5. The molecule has 3 aromatic rings. The molecule has 0 saturated carbocycles. The SMILES string of the molecule is O=C(Cc1coc2cc(O)ccc12)OCC(=O)N1CCN(c2ccccc2)CC1. The molecule has 7 heteroatoms. The average Bonchev–Trinajstić information content (AvgIpc) is 3.14. The average molecular weight is 394 g/mol. The molecular weight excluding hydrogens is 372 g/mol. The fourth-order valence-electron chi connectivity index (χ4n) is 3.50. The number of nitrogens with zero attached hydrogens (tertiary/aromatic N) is 2. The number of para-hydroxylation sites is 1. The Hall–Kier alpha value is -3.48. The van der Waals surface area contributed by atoms with Crippen molar-refractivity contribution in [2.24, 2.45) is 0 Å². The second kappa shape index (κ2) is 8.26. The molecule has 0 aliphatic carbocycles. The van der Waals surface area contributed by atoms with Gasteiger partial charge in [0.2, 0.25) is 0 Å². The summed E-state index contributed by atoms with van der Waals surface area (Å²) in [6.07, 6.45) is 1.48. The molecule has 0 radical (unpaired) electrons. The van der Waals surface area contributed by atoms with Crippen LogP contribution in [0, 0.1) is 0 Å². The molecule has 1 fully saturated rings. The Kier molecular flexibility index (Phi) is 5.37. The number of phenols is 1. The van der Waals surface area contributed by atoms with Gasteiger partial charge in [0.1, 0.15) is 11.3 Å². The molecule has 7 nitrogen and oxygen atoms in total. The van der Waals surface area contributed by atoms with Crippen LogP contribution in [-0.4, -0.2) is 54.7 Å². The van der Waals surface area contributed by atoms with Gasteiger partial charge in [-0.3, -0.25) is 9.59 Å². The number of carbonyl (C=O) groups is 2. The molecular formula is C22H22N2O5. The van der Waals surface area contributed by atoms with E-state index < -0.39 is 5.97 Å². The molecule has 2 aromatic carbocycles. The van der Waals surface area contributed by atoms with Crippen molar-refractivity contribution in [3.05, 3.63) is 60.4 Å². The summed E-state index contributed by atoms with van der Waals surface area (Å²) < 4.78 is 10.5. The maximum atomic E-state index is 12.4. The van der Waals surface area contributed by atoms with Crippen molar-refractivity contribution < 1.29 is 23.8 Å². The minimum absolute atomic E-state index is 0.00679. The van der Waals surface area contributed by atoms with E-state index in [9.17, 15) is 14.7 Å². The number of carbonyl (C=O) groups excluding carboxylic acids is 2. The highest BCUT2D eigenvalue weighted by molar-refractivity contribution is 5.87. The highest BCUT2D eigenvalue weighted by Gasteiger charge is 2.22. The number of rotatable bonds is 5. The van der Waals surface area contributed by atoms with Crippen LogP contribution in [0.25, 0.3) is 11.0 Å². The van der Waals surface area contributed by atoms with Gasteiger partial charge in [-0.25, -0.2) is 0 Å². The second-order valence-corrected chi connectivity index (χ2v) is 6.98. The van der Waals surface area contributed by atoms with Gasteiger partial charge in [-0.05, 0) is 24.3 Å². The number of benzene rings is 2. The van der Waals surface area contributed by atoms with E-state index in [0.29, 0.717) is 24.2 Å². The number of hydrogen-bond acceptors (Lipinski definition) is 6. The number of anilines is 1. The van der Waals surface area contributed by atoms with Gasteiger partial charge in [-0.1, -0.05) is 18.2 Å². The van der Waals surface area contributed by atoms with Crippen molar-refractivity contribution in [1.82, 2.24) is 4.90 Å². The van der Waals surface area contributed by atoms with Crippen molar-refractivity contribution in [1.29, 1.82) is 0 Å². The smallest absolute Gasteiger partial charge is 0.310 e. The third kappa shape index (κ3) is 4.34. The molecule has 2 heterocycles. The first-order valence-corrected chi connectivity index (χ1v) is 9.52. The molecule has 4 rings (SSSR count). The number of hydrogen-bond donors (Lipinski definition) is 1.